The maximum atomic E-state index is 10.3. The van der Waals surface area contributed by atoms with E-state index in [1.807, 2.05) is 6.92 Å². The van der Waals surface area contributed by atoms with Crippen molar-refractivity contribution in [1.29, 1.82) is 0 Å². The molecule has 0 fully saturated rings. The smallest absolute Gasteiger partial charge is 0.131 e. The van der Waals surface area contributed by atoms with E-state index in [1.54, 1.807) is 18.2 Å². The molecule has 2 unspecified atom stereocenters. The summed E-state index contributed by atoms with van der Waals surface area (Å²) >= 11 is 0. The van der Waals surface area contributed by atoms with E-state index in [9.17, 15) is 9.81 Å². The lowest BCUT2D eigenvalue weighted by molar-refractivity contribution is 0.818. The van der Waals surface area contributed by atoms with Crippen LogP contribution in [-0.2, 0) is 0 Å². The molecule has 64 valence electrons. The Bertz CT molecular complexity index is 245. The lowest BCUT2D eigenvalue weighted by Gasteiger charge is -2.13. The molecule has 0 aliphatic heterocycles. The molecule has 0 saturated carbocycles. The molecule has 0 heterocycles. The van der Waals surface area contributed by atoms with Crippen LogP contribution in [-0.4, -0.2) is 12.1 Å². The summed E-state index contributed by atoms with van der Waals surface area (Å²) in [5.74, 6) is 0. The van der Waals surface area contributed by atoms with Gasteiger partial charge in [0.15, 0.2) is 0 Å². The summed E-state index contributed by atoms with van der Waals surface area (Å²) < 4.78 is 0. The Kier molecular flexibility index (Phi) is 2.85. The van der Waals surface area contributed by atoms with E-state index >= 15 is 0 Å². The summed E-state index contributed by atoms with van der Waals surface area (Å²) in [6.07, 6.45) is 5.64. The average Bonchev–Trinajstić information content (AvgIpc) is 2.16. The highest BCUT2D eigenvalue weighted by Crippen LogP contribution is 2.19. The van der Waals surface area contributed by atoms with Gasteiger partial charge in [0.25, 0.3) is 0 Å². The van der Waals surface area contributed by atoms with E-state index < -0.39 is 12.1 Å². The monoisotopic (exact) mass is 166 g/mol. The van der Waals surface area contributed by atoms with Gasteiger partial charge in [-0.3, -0.25) is 0 Å². The highest BCUT2D eigenvalue weighted by molar-refractivity contribution is 5.28. The van der Waals surface area contributed by atoms with Gasteiger partial charge in [0.05, 0.1) is 0 Å². The third kappa shape index (κ3) is 1.64. The van der Waals surface area contributed by atoms with E-state index in [2.05, 4.69) is 10.4 Å². The fraction of sp³-hybridized carbons (Fsp3) is 0.500. The van der Waals surface area contributed by atoms with Crippen LogP contribution in [0.25, 0.3) is 0 Å². The zero-order valence-corrected chi connectivity index (χ0v) is 6.80. The maximum absolute atomic E-state index is 10.3. The fourth-order valence-electron chi connectivity index (χ4n) is 1.21. The Morgan fingerprint density at radius 2 is 2.08 bits per heavy atom. The minimum Gasteiger partial charge on any atom is -0.150 e. The van der Waals surface area contributed by atoms with Gasteiger partial charge in [-0.2, -0.15) is 0 Å². The molecule has 0 spiro atoms. The highest BCUT2D eigenvalue weighted by Gasteiger charge is 2.16. The summed E-state index contributed by atoms with van der Waals surface area (Å²) in [6, 6.07) is -0.814. The van der Waals surface area contributed by atoms with Crippen molar-refractivity contribution in [2.45, 2.75) is 25.4 Å². The molecule has 1 aliphatic carbocycles. The van der Waals surface area contributed by atoms with E-state index in [4.69, 9.17) is 0 Å². The Morgan fingerprint density at radius 1 is 1.33 bits per heavy atom. The summed E-state index contributed by atoms with van der Waals surface area (Å²) in [5.41, 5.74) is 0.872. The Labute approximate surface area is 70.3 Å². The fourth-order valence-corrected chi connectivity index (χ4v) is 1.21. The Morgan fingerprint density at radius 3 is 2.58 bits per heavy atom. The summed E-state index contributed by atoms with van der Waals surface area (Å²) in [5, 5.41) is 5.78. The third-order valence-electron chi connectivity index (χ3n) is 1.90. The summed E-state index contributed by atoms with van der Waals surface area (Å²) in [4.78, 5) is 20.4. The number of hydrogen-bond acceptors (Lipinski definition) is 4. The number of nitroso groups, excluding NO2 is 2. The van der Waals surface area contributed by atoms with Crippen molar-refractivity contribution < 1.29 is 0 Å². The zero-order valence-electron chi connectivity index (χ0n) is 6.80. The van der Waals surface area contributed by atoms with Gasteiger partial charge in [0.2, 0.25) is 0 Å². The molecule has 0 amide bonds. The lowest BCUT2D eigenvalue weighted by Crippen LogP contribution is -2.12. The first-order valence-electron chi connectivity index (χ1n) is 3.85. The minimum absolute atomic E-state index is 0.395. The van der Waals surface area contributed by atoms with Gasteiger partial charge in [0, 0.05) is 0 Å². The quantitative estimate of drug-likeness (QED) is 0.476. The topological polar surface area (TPSA) is 58.9 Å². The SMILES string of the molecule is CCC1=CC(N=O)C=CC1N=O. The van der Waals surface area contributed by atoms with Crippen LogP contribution in [0.5, 0.6) is 0 Å². The molecule has 1 rings (SSSR count). The zero-order chi connectivity index (χ0) is 8.97. The maximum Gasteiger partial charge on any atom is 0.131 e. The molecule has 0 aromatic carbocycles. The van der Waals surface area contributed by atoms with E-state index in [-0.39, 0.29) is 0 Å². The molecule has 0 saturated heterocycles. The largest absolute Gasteiger partial charge is 0.150 e. The van der Waals surface area contributed by atoms with E-state index in [0.29, 0.717) is 0 Å². The molecule has 0 bridgehead atoms. The molecule has 4 nitrogen and oxygen atoms in total. The van der Waals surface area contributed by atoms with E-state index in [1.165, 1.54) is 0 Å². The van der Waals surface area contributed by atoms with Gasteiger partial charge in [-0.1, -0.05) is 35.5 Å². The first kappa shape index (κ1) is 8.77. The number of rotatable bonds is 3. The van der Waals surface area contributed by atoms with Crippen LogP contribution in [0, 0.1) is 9.81 Å². The van der Waals surface area contributed by atoms with Gasteiger partial charge < -0.3 is 0 Å². The predicted molar refractivity (Wildman–Crippen MR) is 46.7 cm³/mol. The Hall–Kier alpha value is -1.32. The molecular weight excluding hydrogens is 156 g/mol. The normalized spacial score (nSPS) is 27.9. The van der Waals surface area contributed by atoms with Crippen LogP contribution in [0.3, 0.4) is 0 Å². The van der Waals surface area contributed by atoms with Crippen LogP contribution < -0.4 is 0 Å². The number of nitrogens with zero attached hydrogens (tertiary/aromatic N) is 2. The summed E-state index contributed by atoms with van der Waals surface area (Å²) in [6.45, 7) is 1.92. The van der Waals surface area contributed by atoms with Gasteiger partial charge in [-0.25, -0.2) is 0 Å². The number of hydrogen-bond donors (Lipinski definition) is 0. The van der Waals surface area contributed by atoms with Crippen LogP contribution in [0.2, 0.25) is 0 Å². The van der Waals surface area contributed by atoms with Crippen LogP contribution in [0.1, 0.15) is 13.3 Å². The standard InChI is InChI=1S/C8H10N2O2/c1-2-6-5-7(9-11)3-4-8(6)10-12/h3-5,7-8H,2H2,1H3. The predicted octanol–water partition coefficient (Wildman–Crippen LogP) is 2.16. The molecule has 12 heavy (non-hydrogen) atoms. The third-order valence-corrected chi connectivity index (χ3v) is 1.90. The molecule has 0 aromatic rings. The van der Waals surface area contributed by atoms with Crippen molar-refractivity contribution >= 4 is 0 Å². The van der Waals surface area contributed by atoms with Crippen molar-refractivity contribution in [2.24, 2.45) is 10.4 Å². The molecule has 4 heteroatoms. The van der Waals surface area contributed by atoms with Gasteiger partial charge in [-0.15, -0.1) is 9.81 Å². The van der Waals surface area contributed by atoms with Crippen LogP contribution in [0.4, 0.5) is 0 Å². The van der Waals surface area contributed by atoms with Crippen LogP contribution >= 0.6 is 0 Å². The van der Waals surface area contributed by atoms with Crippen molar-refractivity contribution in [3.8, 4) is 0 Å². The van der Waals surface area contributed by atoms with Gasteiger partial charge in [0.1, 0.15) is 12.1 Å². The molecule has 0 radical (unpaired) electrons. The van der Waals surface area contributed by atoms with Crippen molar-refractivity contribution in [2.75, 3.05) is 0 Å². The molecule has 0 N–H and O–H groups in total. The van der Waals surface area contributed by atoms with Crippen molar-refractivity contribution in [3.63, 3.8) is 0 Å². The second kappa shape index (κ2) is 3.90. The second-order valence-corrected chi connectivity index (χ2v) is 2.63. The van der Waals surface area contributed by atoms with E-state index in [0.717, 1.165) is 12.0 Å². The molecular formula is C8H10N2O2. The summed E-state index contributed by atoms with van der Waals surface area (Å²) in [7, 11) is 0. The first-order chi connectivity index (χ1) is 5.81. The first-order valence-corrected chi connectivity index (χ1v) is 3.85. The molecule has 0 aromatic heterocycles. The minimum atomic E-state index is -0.419. The molecule has 2 atom stereocenters. The Balaban J connectivity index is 2.81. The average molecular weight is 166 g/mol. The molecule has 1 aliphatic rings. The lowest BCUT2D eigenvalue weighted by atomic mass is 9.97. The van der Waals surface area contributed by atoms with Crippen molar-refractivity contribution in [3.05, 3.63) is 33.6 Å². The van der Waals surface area contributed by atoms with Gasteiger partial charge in [-0.05, 0) is 12.0 Å². The highest BCUT2D eigenvalue weighted by atomic mass is 16.3. The van der Waals surface area contributed by atoms with Crippen molar-refractivity contribution in [1.82, 2.24) is 0 Å². The van der Waals surface area contributed by atoms with Gasteiger partial charge >= 0.3 is 0 Å². The second-order valence-electron chi connectivity index (χ2n) is 2.63. The van der Waals surface area contributed by atoms with Crippen LogP contribution in [0.15, 0.2) is 34.2 Å².